The Morgan fingerprint density at radius 1 is 1.27 bits per heavy atom. The Morgan fingerprint density at radius 3 is 2.87 bits per heavy atom. The molecule has 0 amide bonds. The normalized spacial score (nSPS) is 22.6. The minimum Gasteiger partial charge on any atom is -0.465 e. The fourth-order valence-corrected chi connectivity index (χ4v) is 2.02. The number of allylic oxidation sites excluding steroid dienone is 3. The number of nitrogens with one attached hydrogen (secondary N) is 1. The van der Waals surface area contributed by atoms with Crippen LogP contribution in [-0.4, -0.2) is 6.23 Å². The molecular formula is C13H13NO. The largest absolute Gasteiger partial charge is 0.465 e. The molecule has 0 saturated carbocycles. The van der Waals surface area contributed by atoms with Crippen LogP contribution < -0.4 is 10.1 Å². The maximum atomic E-state index is 5.83. The Hall–Kier alpha value is -1.70. The molecule has 0 radical (unpaired) electrons. The molecule has 1 heterocycles. The number of ether oxygens (including phenoxy) is 1. The summed E-state index contributed by atoms with van der Waals surface area (Å²) in [5, 5.41) is 3.37. The Bertz CT molecular complexity index is 434. The molecular weight excluding hydrogens is 186 g/mol. The molecule has 1 aromatic carbocycles. The first-order valence-electron chi connectivity index (χ1n) is 5.21. The van der Waals surface area contributed by atoms with Gasteiger partial charge in [-0.25, -0.2) is 0 Å². The van der Waals surface area contributed by atoms with E-state index in [-0.39, 0.29) is 6.23 Å². The SMILES string of the molecule is CC1=CC=C(C2Nc3ccccc3O2)C1. The van der Waals surface area contributed by atoms with Gasteiger partial charge in [0.1, 0.15) is 5.75 Å². The van der Waals surface area contributed by atoms with Crippen molar-refractivity contribution in [3.05, 3.63) is 47.6 Å². The lowest BCUT2D eigenvalue weighted by Crippen LogP contribution is -2.22. The highest BCUT2D eigenvalue weighted by Crippen LogP contribution is 2.35. The molecule has 2 nitrogen and oxygen atoms in total. The molecule has 2 heteroatoms. The van der Waals surface area contributed by atoms with Crippen molar-refractivity contribution < 1.29 is 4.74 Å². The van der Waals surface area contributed by atoms with Crippen molar-refractivity contribution in [1.29, 1.82) is 0 Å². The maximum absolute atomic E-state index is 5.83. The second-order valence-electron chi connectivity index (χ2n) is 4.07. The van der Waals surface area contributed by atoms with E-state index < -0.39 is 0 Å². The fraction of sp³-hybridized carbons (Fsp3) is 0.231. The van der Waals surface area contributed by atoms with Crippen LogP contribution in [0.25, 0.3) is 0 Å². The maximum Gasteiger partial charge on any atom is 0.193 e. The Morgan fingerprint density at radius 2 is 2.13 bits per heavy atom. The van der Waals surface area contributed by atoms with Gasteiger partial charge in [0, 0.05) is 0 Å². The standard InChI is InChI=1S/C13H13NO/c1-9-6-7-10(8-9)13-14-11-4-2-3-5-12(11)15-13/h2-7,13-14H,8H2,1H3. The van der Waals surface area contributed by atoms with Crippen molar-refractivity contribution >= 4 is 5.69 Å². The molecule has 1 atom stereocenters. The first kappa shape index (κ1) is 8.60. The second-order valence-corrected chi connectivity index (χ2v) is 4.07. The molecule has 1 aliphatic carbocycles. The minimum atomic E-state index is 0.0242. The smallest absolute Gasteiger partial charge is 0.193 e. The topological polar surface area (TPSA) is 21.3 Å². The minimum absolute atomic E-state index is 0.0242. The molecule has 2 aliphatic rings. The average molecular weight is 199 g/mol. The number of hydrogen-bond acceptors (Lipinski definition) is 2. The van der Waals surface area contributed by atoms with Gasteiger partial charge >= 0.3 is 0 Å². The van der Waals surface area contributed by atoms with E-state index in [1.807, 2.05) is 24.3 Å². The fourth-order valence-electron chi connectivity index (χ4n) is 2.02. The first-order chi connectivity index (χ1) is 7.33. The monoisotopic (exact) mass is 199 g/mol. The zero-order valence-electron chi connectivity index (χ0n) is 8.66. The Kier molecular flexibility index (Phi) is 1.81. The zero-order chi connectivity index (χ0) is 10.3. The lowest BCUT2D eigenvalue weighted by Gasteiger charge is -2.12. The van der Waals surface area contributed by atoms with Crippen LogP contribution in [0.3, 0.4) is 0 Å². The summed E-state index contributed by atoms with van der Waals surface area (Å²) in [4.78, 5) is 0. The lowest BCUT2D eigenvalue weighted by molar-refractivity contribution is 0.287. The average Bonchev–Trinajstić information content (AvgIpc) is 2.82. The van der Waals surface area contributed by atoms with E-state index in [0.717, 1.165) is 17.9 Å². The van der Waals surface area contributed by atoms with Gasteiger partial charge in [0.05, 0.1) is 5.69 Å². The van der Waals surface area contributed by atoms with Gasteiger partial charge in [0.15, 0.2) is 6.23 Å². The first-order valence-corrected chi connectivity index (χ1v) is 5.21. The number of para-hydroxylation sites is 2. The molecule has 0 spiro atoms. The third-order valence-electron chi connectivity index (χ3n) is 2.82. The van der Waals surface area contributed by atoms with Gasteiger partial charge in [-0.1, -0.05) is 29.9 Å². The lowest BCUT2D eigenvalue weighted by atomic mass is 10.1. The van der Waals surface area contributed by atoms with Crippen LogP contribution in [0.2, 0.25) is 0 Å². The van der Waals surface area contributed by atoms with E-state index in [2.05, 4.69) is 24.4 Å². The summed E-state index contributed by atoms with van der Waals surface area (Å²) in [5.41, 5.74) is 3.79. The van der Waals surface area contributed by atoms with Crippen molar-refractivity contribution in [3.63, 3.8) is 0 Å². The van der Waals surface area contributed by atoms with Gasteiger partial charge < -0.3 is 10.1 Å². The van der Waals surface area contributed by atoms with Crippen molar-refractivity contribution in [2.45, 2.75) is 19.6 Å². The van der Waals surface area contributed by atoms with Crippen LogP contribution in [0.4, 0.5) is 5.69 Å². The molecule has 1 N–H and O–H groups in total. The van der Waals surface area contributed by atoms with Gasteiger partial charge in [0.2, 0.25) is 0 Å². The number of benzene rings is 1. The number of fused-ring (bicyclic) bond motifs is 1. The van der Waals surface area contributed by atoms with Gasteiger partial charge in [0.25, 0.3) is 0 Å². The van der Waals surface area contributed by atoms with Crippen molar-refractivity contribution in [2.24, 2.45) is 0 Å². The molecule has 1 aromatic rings. The third kappa shape index (κ3) is 1.42. The molecule has 0 fully saturated rings. The van der Waals surface area contributed by atoms with E-state index in [4.69, 9.17) is 4.74 Å². The van der Waals surface area contributed by atoms with Crippen LogP contribution in [0.15, 0.2) is 47.6 Å². The summed E-state index contributed by atoms with van der Waals surface area (Å²) < 4.78 is 5.83. The highest BCUT2D eigenvalue weighted by Gasteiger charge is 2.25. The van der Waals surface area contributed by atoms with Crippen LogP contribution in [0.1, 0.15) is 13.3 Å². The number of hydrogen-bond donors (Lipinski definition) is 1. The van der Waals surface area contributed by atoms with Gasteiger partial charge in [-0.15, -0.1) is 0 Å². The Balaban J connectivity index is 1.80. The second kappa shape index (κ2) is 3.16. The van der Waals surface area contributed by atoms with Gasteiger partial charge in [-0.2, -0.15) is 0 Å². The van der Waals surface area contributed by atoms with Crippen molar-refractivity contribution in [2.75, 3.05) is 5.32 Å². The van der Waals surface area contributed by atoms with Crippen molar-refractivity contribution in [3.8, 4) is 5.75 Å². The summed E-state index contributed by atoms with van der Waals surface area (Å²) in [7, 11) is 0. The van der Waals surface area contributed by atoms with Gasteiger partial charge in [-0.3, -0.25) is 0 Å². The highest BCUT2D eigenvalue weighted by atomic mass is 16.5. The molecule has 0 saturated heterocycles. The van der Waals surface area contributed by atoms with Gasteiger partial charge in [-0.05, 0) is 31.1 Å². The summed E-state index contributed by atoms with van der Waals surface area (Å²) in [6.07, 6.45) is 5.35. The van der Waals surface area contributed by atoms with Crippen LogP contribution in [0, 0.1) is 0 Å². The van der Waals surface area contributed by atoms with E-state index in [9.17, 15) is 0 Å². The molecule has 0 bridgehead atoms. The summed E-state index contributed by atoms with van der Waals surface area (Å²) >= 11 is 0. The summed E-state index contributed by atoms with van der Waals surface area (Å²) in [6.45, 7) is 2.14. The van der Waals surface area contributed by atoms with Crippen LogP contribution in [-0.2, 0) is 0 Å². The molecule has 1 aliphatic heterocycles. The zero-order valence-corrected chi connectivity index (χ0v) is 8.66. The molecule has 3 rings (SSSR count). The predicted molar refractivity (Wildman–Crippen MR) is 60.9 cm³/mol. The van der Waals surface area contributed by atoms with Crippen LogP contribution >= 0.6 is 0 Å². The van der Waals surface area contributed by atoms with E-state index in [0.29, 0.717) is 0 Å². The molecule has 1 unspecified atom stereocenters. The third-order valence-corrected chi connectivity index (χ3v) is 2.82. The quantitative estimate of drug-likeness (QED) is 0.750. The molecule has 76 valence electrons. The Labute approximate surface area is 89.3 Å². The molecule has 0 aromatic heterocycles. The van der Waals surface area contributed by atoms with E-state index in [1.165, 1.54) is 11.1 Å². The number of rotatable bonds is 1. The summed E-state index contributed by atoms with van der Waals surface area (Å²) in [5.74, 6) is 0.952. The van der Waals surface area contributed by atoms with E-state index >= 15 is 0 Å². The van der Waals surface area contributed by atoms with Crippen LogP contribution in [0.5, 0.6) is 5.75 Å². The highest BCUT2D eigenvalue weighted by molar-refractivity contribution is 5.61. The predicted octanol–water partition coefficient (Wildman–Crippen LogP) is 3.09. The molecule has 15 heavy (non-hydrogen) atoms. The van der Waals surface area contributed by atoms with Crippen molar-refractivity contribution in [1.82, 2.24) is 0 Å². The van der Waals surface area contributed by atoms with E-state index in [1.54, 1.807) is 0 Å². The summed E-state index contributed by atoms with van der Waals surface area (Å²) in [6, 6.07) is 8.06. The number of anilines is 1.